The topological polar surface area (TPSA) is 486 Å². The Hall–Kier alpha value is -3.74. The first kappa shape index (κ1) is 77.7. The summed E-state index contributed by atoms with van der Waals surface area (Å²) < 4.78 is 0. The van der Waals surface area contributed by atoms with Gasteiger partial charge in [0.05, 0.1) is 50.8 Å². The molecule has 70 heavy (non-hydrogen) atoms. The normalized spacial score (nSPS) is 16.0. The van der Waals surface area contributed by atoms with E-state index in [-0.39, 0.29) is 61.7 Å². The van der Waals surface area contributed by atoms with Crippen molar-refractivity contribution >= 4 is 35.4 Å². The number of nitrogens with two attached hydrogens (primary N) is 2. The van der Waals surface area contributed by atoms with Crippen LogP contribution in [0.1, 0.15) is 96.9 Å². The lowest BCUT2D eigenvalue weighted by Gasteiger charge is -2.22. The zero-order chi connectivity index (χ0) is 57.0. The van der Waals surface area contributed by atoms with E-state index in [1.54, 1.807) is 83.1 Å². The largest absolute Gasteiger partial charge is 0.394 e. The third-order valence-corrected chi connectivity index (χ3v) is 9.74. The van der Waals surface area contributed by atoms with Crippen LogP contribution in [0.4, 0.5) is 0 Å². The highest BCUT2D eigenvalue weighted by atomic mass is 16.3. The number of carbonyl (C=O) groups is 6. The van der Waals surface area contributed by atoms with Gasteiger partial charge in [-0.1, -0.05) is 83.1 Å². The number of aliphatic hydroxyl groups is 14. The SMILES string of the molecule is CC(C)[C@@H](O)C(=O)NC[C@@H](O)CO.CC(C)[C@@H](O)C(=O)NC[C@H](O)CO.CC(C)[C@@](C)(O)C(N)=O.CC(C)[C@H](O)C(=O)NC[C@@H](O)CO.CC(C)[C@H](O)C(=O)NC[C@H](O)CO.CC(C)[C@](C)(O)C(N)=O. The highest BCUT2D eigenvalue weighted by molar-refractivity contribution is 5.83. The summed E-state index contributed by atoms with van der Waals surface area (Å²) in [5.41, 5.74) is 7.04. The van der Waals surface area contributed by atoms with Crippen LogP contribution >= 0.6 is 0 Å². The first-order chi connectivity index (χ1) is 31.7. The van der Waals surface area contributed by atoms with Crippen LogP contribution in [0.5, 0.6) is 0 Å². The number of primary amides is 2. The summed E-state index contributed by atoms with van der Waals surface area (Å²) in [6.45, 7) is 21.7. The molecule has 22 N–H and O–H groups in total. The Bertz CT molecular complexity index is 1230. The molecule has 0 aliphatic rings. The number of hydrogen-bond acceptors (Lipinski definition) is 20. The fourth-order valence-electron chi connectivity index (χ4n) is 3.33. The van der Waals surface area contributed by atoms with Gasteiger partial charge in [-0.15, -0.1) is 0 Å². The molecule has 26 heteroatoms. The van der Waals surface area contributed by atoms with E-state index in [2.05, 4.69) is 21.3 Å². The molecule has 0 aromatic rings. The predicted octanol–water partition coefficient (Wildman–Crippen LogP) is -6.35. The lowest BCUT2D eigenvalue weighted by molar-refractivity contribution is -0.139. The molecule has 0 heterocycles. The van der Waals surface area contributed by atoms with Crippen LogP contribution in [0.25, 0.3) is 0 Å². The molecule has 0 saturated carbocycles. The predicted molar refractivity (Wildman–Crippen MR) is 257 cm³/mol. The van der Waals surface area contributed by atoms with Crippen LogP contribution in [0.2, 0.25) is 0 Å². The van der Waals surface area contributed by atoms with Gasteiger partial charge in [0.25, 0.3) is 0 Å². The first-order valence-electron chi connectivity index (χ1n) is 22.8. The van der Waals surface area contributed by atoms with E-state index in [9.17, 15) is 59.4 Å². The van der Waals surface area contributed by atoms with E-state index in [4.69, 9.17) is 52.3 Å². The molecule has 0 unspecified atom stereocenters. The number of hydrogen-bond donors (Lipinski definition) is 20. The maximum atomic E-state index is 11.1. The highest BCUT2D eigenvalue weighted by Gasteiger charge is 2.32. The summed E-state index contributed by atoms with van der Waals surface area (Å²) in [7, 11) is 0. The van der Waals surface area contributed by atoms with Crippen LogP contribution in [0.3, 0.4) is 0 Å². The number of aliphatic hydroxyl groups excluding tert-OH is 12. The first-order valence-corrected chi connectivity index (χ1v) is 22.8. The molecular weight excluding hydrogens is 933 g/mol. The summed E-state index contributed by atoms with van der Waals surface area (Å²) in [5, 5.41) is 134. The van der Waals surface area contributed by atoms with Gasteiger partial charge < -0.3 is 104 Å². The van der Waals surface area contributed by atoms with E-state index < -0.39 is 122 Å². The fourth-order valence-corrected chi connectivity index (χ4v) is 3.33. The van der Waals surface area contributed by atoms with Gasteiger partial charge >= 0.3 is 0 Å². The van der Waals surface area contributed by atoms with Crippen molar-refractivity contribution in [1.29, 1.82) is 0 Å². The monoisotopic (exact) mass is 1030 g/mol. The summed E-state index contributed by atoms with van der Waals surface area (Å²) >= 11 is 0. The van der Waals surface area contributed by atoms with Crippen molar-refractivity contribution in [2.75, 3.05) is 52.6 Å². The maximum absolute atomic E-state index is 11.1. The molecule has 0 aliphatic carbocycles. The standard InChI is InChI=1S/4C8H17NO4.2C6H13NO2/c4*1-5(2)7(12)8(13)9-3-6(11)4-10;2*1-4(2)6(3,9)5(7)8/h4*5-7,10-12H,3-4H2,1-2H3,(H,9,13);2*4,9H,1-3H3,(H2,7,8)/t2*6-,7+;2*6-,7-;2*6-/m101010/s1. The smallest absolute Gasteiger partial charge is 0.249 e. The van der Waals surface area contributed by atoms with Gasteiger partial charge in [-0.2, -0.15) is 0 Å². The summed E-state index contributed by atoms with van der Waals surface area (Å²) in [5.74, 6) is -4.34. The van der Waals surface area contributed by atoms with Crippen LogP contribution in [-0.4, -0.2) is 220 Å². The van der Waals surface area contributed by atoms with Crippen LogP contribution in [-0.2, 0) is 28.8 Å². The Morgan fingerprint density at radius 1 is 0.371 bits per heavy atom. The third-order valence-electron chi connectivity index (χ3n) is 9.74. The minimum absolute atomic E-state index is 0.0425. The van der Waals surface area contributed by atoms with Crippen molar-refractivity contribution in [3.8, 4) is 0 Å². The molecule has 0 radical (unpaired) electrons. The number of carbonyl (C=O) groups excluding carboxylic acids is 6. The van der Waals surface area contributed by atoms with Crippen molar-refractivity contribution in [1.82, 2.24) is 21.3 Å². The molecule has 0 aromatic heterocycles. The molecule has 0 aromatic carbocycles. The average molecular weight is 1030 g/mol. The molecule has 0 rings (SSSR count). The van der Waals surface area contributed by atoms with E-state index in [0.717, 1.165) is 0 Å². The molecular formula is C44H94N6O20. The zero-order valence-electron chi connectivity index (χ0n) is 43.6. The van der Waals surface area contributed by atoms with Gasteiger partial charge in [0.1, 0.15) is 35.6 Å². The second kappa shape index (κ2) is 41.8. The van der Waals surface area contributed by atoms with Crippen molar-refractivity contribution in [2.45, 2.75) is 157 Å². The average Bonchev–Trinajstić information content (AvgIpc) is 3.29. The summed E-state index contributed by atoms with van der Waals surface area (Å²) in [6.07, 6.45) is -8.13. The van der Waals surface area contributed by atoms with E-state index in [0.29, 0.717) is 0 Å². The van der Waals surface area contributed by atoms with E-state index >= 15 is 0 Å². The molecule has 0 spiro atoms. The Balaban J connectivity index is -0.000000177. The molecule has 0 bridgehead atoms. The maximum Gasteiger partial charge on any atom is 0.249 e. The summed E-state index contributed by atoms with van der Waals surface area (Å²) in [4.78, 5) is 65.1. The quantitative estimate of drug-likeness (QED) is 0.0427. The van der Waals surface area contributed by atoms with Crippen LogP contribution in [0.15, 0.2) is 0 Å². The van der Waals surface area contributed by atoms with Crippen molar-refractivity contribution in [3.63, 3.8) is 0 Å². The lowest BCUT2D eigenvalue weighted by Crippen LogP contribution is -2.45. The van der Waals surface area contributed by atoms with Gasteiger partial charge in [0, 0.05) is 26.2 Å². The van der Waals surface area contributed by atoms with E-state index in [1.807, 2.05) is 0 Å². The van der Waals surface area contributed by atoms with Crippen molar-refractivity contribution in [3.05, 3.63) is 0 Å². The van der Waals surface area contributed by atoms with Crippen LogP contribution in [0, 0.1) is 35.5 Å². The lowest BCUT2D eigenvalue weighted by atomic mass is 9.92. The molecule has 10 atom stereocenters. The summed E-state index contributed by atoms with van der Waals surface area (Å²) in [6, 6.07) is 0. The highest BCUT2D eigenvalue weighted by Crippen LogP contribution is 2.15. The van der Waals surface area contributed by atoms with Gasteiger partial charge in [0.2, 0.25) is 35.4 Å². The number of amides is 6. The second-order valence-electron chi connectivity index (χ2n) is 18.4. The van der Waals surface area contributed by atoms with Gasteiger partial charge in [-0.3, -0.25) is 28.8 Å². The molecule has 0 fully saturated rings. The van der Waals surface area contributed by atoms with Gasteiger partial charge in [-0.05, 0) is 49.4 Å². The Labute approximate surface area is 412 Å². The third kappa shape index (κ3) is 39.9. The van der Waals surface area contributed by atoms with Crippen molar-refractivity contribution < 1.29 is 100 Å². The Kier molecular flexibility index (Phi) is 46.4. The molecule has 420 valence electrons. The van der Waals surface area contributed by atoms with Gasteiger partial charge in [0.15, 0.2) is 0 Å². The molecule has 0 saturated heterocycles. The van der Waals surface area contributed by atoms with Gasteiger partial charge in [-0.25, -0.2) is 0 Å². The Morgan fingerprint density at radius 3 is 0.586 bits per heavy atom. The Morgan fingerprint density at radius 2 is 0.514 bits per heavy atom. The minimum atomic E-state index is -1.36. The molecule has 6 amide bonds. The van der Waals surface area contributed by atoms with Crippen LogP contribution < -0.4 is 32.7 Å². The van der Waals surface area contributed by atoms with Crippen molar-refractivity contribution in [2.24, 2.45) is 47.0 Å². The fraction of sp³-hybridized carbons (Fsp3) is 0.864. The molecule has 26 nitrogen and oxygen atoms in total. The van der Waals surface area contributed by atoms with E-state index in [1.165, 1.54) is 13.8 Å². The zero-order valence-corrected chi connectivity index (χ0v) is 43.6. The molecule has 0 aliphatic heterocycles. The second-order valence-corrected chi connectivity index (χ2v) is 18.4. The minimum Gasteiger partial charge on any atom is -0.394 e. The number of rotatable bonds is 24. The number of nitrogens with one attached hydrogen (secondary N) is 4.